The van der Waals surface area contributed by atoms with Gasteiger partial charge in [-0.3, -0.25) is 9.36 Å². The van der Waals surface area contributed by atoms with Crippen LogP contribution < -0.4 is 5.56 Å². The van der Waals surface area contributed by atoms with Gasteiger partial charge < -0.3 is 4.98 Å². The standard InChI is InChI=1S/C16H11N3OS2/c20-15-13-12(11-7-4-8-17-14(11)22-13)18-16(21)19(15)9-10-5-2-1-3-6-10/h1-8H,9H2,(H,18,21). The Labute approximate surface area is 134 Å². The molecule has 22 heavy (non-hydrogen) atoms. The first-order valence-electron chi connectivity index (χ1n) is 6.78. The van der Waals surface area contributed by atoms with E-state index >= 15 is 0 Å². The molecule has 0 radical (unpaired) electrons. The lowest BCUT2D eigenvalue weighted by Gasteiger charge is -2.06. The van der Waals surface area contributed by atoms with Crippen LogP contribution >= 0.6 is 23.6 Å². The van der Waals surface area contributed by atoms with Gasteiger partial charge in [0.25, 0.3) is 5.56 Å². The molecule has 0 atom stereocenters. The normalized spacial score (nSPS) is 11.3. The van der Waals surface area contributed by atoms with Crippen LogP contribution in [-0.2, 0) is 6.54 Å². The number of thiophene rings is 1. The number of hydrogen-bond donors (Lipinski definition) is 1. The molecule has 4 aromatic rings. The molecular formula is C16H11N3OS2. The molecule has 0 saturated heterocycles. The molecule has 3 heterocycles. The third kappa shape index (κ3) is 2.08. The molecular weight excluding hydrogens is 314 g/mol. The molecule has 0 aliphatic carbocycles. The van der Waals surface area contributed by atoms with E-state index < -0.39 is 0 Å². The monoisotopic (exact) mass is 325 g/mol. The Morgan fingerprint density at radius 1 is 1.18 bits per heavy atom. The first-order valence-corrected chi connectivity index (χ1v) is 8.01. The molecule has 0 fully saturated rings. The topological polar surface area (TPSA) is 50.7 Å². The van der Waals surface area contributed by atoms with Gasteiger partial charge >= 0.3 is 0 Å². The quantitative estimate of drug-likeness (QED) is 0.572. The summed E-state index contributed by atoms with van der Waals surface area (Å²) in [6.45, 7) is 0.465. The largest absolute Gasteiger partial charge is 0.330 e. The van der Waals surface area contributed by atoms with E-state index in [4.69, 9.17) is 12.2 Å². The number of nitrogens with zero attached hydrogens (tertiary/aromatic N) is 2. The van der Waals surface area contributed by atoms with E-state index in [0.717, 1.165) is 21.3 Å². The molecule has 6 heteroatoms. The Hall–Kier alpha value is -2.31. The number of fused-ring (bicyclic) bond motifs is 3. The zero-order chi connectivity index (χ0) is 15.1. The molecule has 0 bridgehead atoms. The van der Waals surface area contributed by atoms with Crippen LogP contribution in [0.25, 0.3) is 20.4 Å². The lowest BCUT2D eigenvalue weighted by atomic mass is 10.2. The number of rotatable bonds is 2. The predicted octanol–water partition coefficient (Wildman–Crippen LogP) is 3.72. The fraction of sp³-hybridized carbons (Fsp3) is 0.0625. The lowest BCUT2D eigenvalue weighted by Crippen LogP contribution is -2.21. The molecule has 0 spiro atoms. The number of nitrogens with one attached hydrogen (secondary N) is 1. The smallest absolute Gasteiger partial charge is 0.272 e. The van der Waals surface area contributed by atoms with E-state index in [9.17, 15) is 4.79 Å². The molecule has 1 N–H and O–H groups in total. The maximum Gasteiger partial charge on any atom is 0.272 e. The van der Waals surface area contributed by atoms with Crippen molar-refractivity contribution in [2.24, 2.45) is 0 Å². The Kier molecular flexibility index (Phi) is 3.13. The van der Waals surface area contributed by atoms with Gasteiger partial charge in [-0.05, 0) is 29.9 Å². The average molecular weight is 325 g/mol. The highest BCUT2D eigenvalue weighted by Crippen LogP contribution is 2.28. The van der Waals surface area contributed by atoms with Gasteiger partial charge in [0.1, 0.15) is 9.53 Å². The summed E-state index contributed by atoms with van der Waals surface area (Å²) in [7, 11) is 0. The van der Waals surface area contributed by atoms with Crippen LogP contribution in [0.4, 0.5) is 0 Å². The maximum atomic E-state index is 12.8. The van der Waals surface area contributed by atoms with Gasteiger partial charge in [0.2, 0.25) is 0 Å². The Morgan fingerprint density at radius 2 is 2.00 bits per heavy atom. The fourth-order valence-corrected chi connectivity index (χ4v) is 3.80. The number of hydrogen-bond acceptors (Lipinski definition) is 4. The molecule has 3 aromatic heterocycles. The highest BCUT2D eigenvalue weighted by atomic mass is 32.1. The summed E-state index contributed by atoms with van der Waals surface area (Å²) in [5, 5.41) is 0.942. The minimum atomic E-state index is -0.0643. The Bertz CT molecular complexity index is 1090. The van der Waals surface area contributed by atoms with E-state index in [1.807, 2.05) is 42.5 Å². The van der Waals surface area contributed by atoms with Crippen LogP contribution in [0.3, 0.4) is 0 Å². The van der Waals surface area contributed by atoms with Gasteiger partial charge in [0.05, 0.1) is 12.1 Å². The Morgan fingerprint density at radius 3 is 2.82 bits per heavy atom. The van der Waals surface area contributed by atoms with Crippen LogP contribution in [0.1, 0.15) is 5.56 Å². The minimum Gasteiger partial charge on any atom is -0.330 e. The summed E-state index contributed by atoms with van der Waals surface area (Å²) < 4.78 is 2.70. The lowest BCUT2D eigenvalue weighted by molar-refractivity contribution is 0.736. The molecule has 108 valence electrons. The van der Waals surface area contributed by atoms with Crippen molar-refractivity contribution in [1.82, 2.24) is 14.5 Å². The van der Waals surface area contributed by atoms with Crippen LogP contribution in [0, 0.1) is 4.77 Å². The summed E-state index contributed by atoms with van der Waals surface area (Å²) in [5.74, 6) is 0. The summed E-state index contributed by atoms with van der Waals surface area (Å²) in [6, 6.07) is 13.6. The average Bonchev–Trinajstić information content (AvgIpc) is 2.91. The van der Waals surface area contributed by atoms with Crippen molar-refractivity contribution in [3.63, 3.8) is 0 Å². The van der Waals surface area contributed by atoms with Gasteiger partial charge in [0, 0.05) is 11.6 Å². The number of benzene rings is 1. The molecule has 0 aliphatic heterocycles. The fourth-order valence-electron chi connectivity index (χ4n) is 2.51. The SMILES string of the molecule is O=c1c2sc3ncccc3c2[nH]c(=S)n1Cc1ccccc1. The molecule has 0 unspecified atom stereocenters. The minimum absolute atomic E-state index is 0.0643. The molecule has 0 saturated carbocycles. The number of aromatic nitrogens is 3. The highest BCUT2D eigenvalue weighted by Gasteiger charge is 2.12. The third-order valence-corrected chi connectivity index (χ3v) is 4.99. The summed E-state index contributed by atoms with van der Waals surface area (Å²) >= 11 is 6.79. The van der Waals surface area contributed by atoms with Gasteiger partial charge in [-0.25, -0.2) is 4.98 Å². The second-order valence-corrected chi connectivity index (χ2v) is 6.36. The third-order valence-electron chi connectivity index (χ3n) is 3.57. The first-order chi connectivity index (χ1) is 10.7. The van der Waals surface area contributed by atoms with Gasteiger partial charge in [-0.15, -0.1) is 11.3 Å². The second-order valence-electron chi connectivity index (χ2n) is 4.97. The first kappa shape index (κ1) is 13.4. The van der Waals surface area contributed by atoms with Gasteiger partial charge in [-0.2, -0.15) is 0 Å². The van der Waals surface area contributed by atoms with E-state index in [-0.39, 0.29) is 5.56 Å². The van der Waals surface area contributed by atoms with Crippen molar-refractivity contribution in [1.29, 1.82) is 0 Å². The molecule has 4 rings (SSSR count). The van der Waals surface area contributed by atoms with E-state index in [2.05, 4.69) is 9.97 Å². The second kappa shape index (κ2) is 5.15. The summed E-state index contributed by atoms with van der Waals surface area (Å²) in [6.07, 6.45) is 1.73. The van der Waals surface area contributed by atoms with Crippen molar-refractivity contribution in [3.8, 4) is 0 Å². The molecule has 0 amide bonds. The maximum absolute atomic E-state index is 12.8. The van der Waals surface area contributed by atoms with E-state index in [1.54, 1.807) is 10.8 Å². The van der Waals surface area contributed by atoms with Crippen LogP contribution in [-0.4, -0.2) is 14.5 Å². The highest BCUT2D eigenvalue weighted by molar-refractivity contribution is 7.71. The van der Waals surface area contributed by atoms with Crippen molar-refractivity contribution < 1.29 is 0 Å². The molecule has 4 nitrogen and oxygen atoms in total. The van der Waals surface area contributed by atoms with Crippen LogP contribution in [0.5, 0.6) is 0 Å². The summed E-state index contributed by atoms with van der Waals surface area (Å²) in [5.41, 5.74) is 1.76. The van der Waals surface area contributed by atoms with E-state index in [1.165, 1.54) is 11.3 Å². The van der Waals surface area contributed by atoms with Crippen LogP contribution in [0.2, 0.25) is 0 Å². The zero-order valence-corrected chi connectivity index (χ0v) is 13.1. The number of pyridine rings is 1. The molecule has 1 aromatic carbocycles. The van der Waals surface area contributed by atoms with Crippen LogP contribution in [0.15, 0.2) is 53.5 Å². The van der Waals surface area contributed by atoms with Crippen molar-refractivity contribution >= 4 is 44.0 Å². The van der Waals surface area contributed by atoms with Gasteiger partial charge in [0.15, 0.2) is 4.77 Å². The molecule has 0 aliphatic rings. The Balaban J connectivity index is 1.99. The predicted molar refractivity (Wildman–Crippen MR) is 92.1 cm³/mol. The number of H-pyrrole nitrogens is 1. The van der Waals surface area contributed by atoms with Gasteiger partial charge in [-0.1, -0.05) is 30.3 Å². The van der Waals surface area contributed by atoms with Crippen molar-refractivity contribution in [2.45, 2.75) is 6.54 Å². The zero-order valence-electron chi connectivity index (χ0n) is 11.4. The van der Waals surface area contributed by atoms with Crippen molar-refractivity contribution in [2.75, 3.05) is 0 Å². The number of aromatic amines is 1. The van der Waals surface area contributed by atoms with Crippen molar-refractivity contribution in [3.05, 3.63) is 69.3 Å². The summed E-state index contributed by atoms with van der Waals surface area (Å²) in [4.78, 5) is 21.1. The van der Waals surface area contributed by atoms with E-state index in [0.29, 0.717) is 16.0 Å².